The van der Waals surface area contributed by atoms with Gasteiger partial charge >= 0.3 is 0 Å². The van der Waals surface area contributed by atoms with Gasteiger partial charge in [-0.05, 0) is 38.1 Å². The Morgan fingerprint density at radius 2 is 1.62 bits per heavy atom. The lowest BCUT2D eigenvalue weighted by molar-refractivity contribution is 0.102. The first-order valence-corrected chi connectivity index (χ1v) is 11.2. The number of nitrogens with one attached hydrogen (secondary N) is 1. The number of rotatable bonds is 7. The predicted octanol–water partition coefficient (Wildman–Crippen LogP) is 6.04. The molecule has 7 nitrogen and oxygen atoms in total. The van der Waals surface area contributed by atoms with Crippen molar-refractivity contribution in [1.29, 1.82) is 0 Å². The van der Waals surface area contributed by atoms with Gasteiger partial charge in [0.2, 0.25) is 5.82 Å². The molecule has 4 rings (SSSR count). The summed E-state index contributed by atoms with van der Waals surface area (Å²) in [5.74, 6) is -10.5. The molecule has 0 aliphatic heterocycles. The fourth-order valence-corrected chi connectivity index (χ4v) is 3.89. The molecule has 0 spiro atoms. The number of aromatic nitrogens is 4. The van der Waals surface area contributed by atoms with Crippen molar-refractivity contribution in [2.24, 2.45) is 0 Å². The molecule has 0 unspecified atom stereocenters. The summed E-state index contributed by atoms with van der Waals surface area (Å²) in [4.78, 5) is 12.7. The summed E-state index contributed by atoms with van der Waals surface area (Å²) in [7, 11) is 0. The highest BCUT2D eigenvalue weighted by atomic mass is 35.5. The number of ether oxygens (including phenoxy) is 1. The molecule has 0 aliphatic rings. The van der Waals surface area contributed by atoms with E-state index in [1.165, 1.54) is 36.9 Å². The maximum atomic E-state index is 14.1. The van der Waals surface area contributed by atoms with Gasteiger partial charge in [0.05, 0.1) is 34.2 Å². The highest BCUT2D eigenvalue weighted by Crippen LogP contribution is 2.28. The average molecular weight is 560 g/mol. The molecule has 1 amide bonds. The Morgan fingerprint density at radius 1 is 0.973 bits per heavy atom. The third-order valence-corrected chi connectivity index (χ3v) is 5.88. The van der Waals surface area contributed by atoms with E-state index >= 15 is 0 Å². The molecule has 4 aromatic rings. The van der Waals surface area contributed by atoms with Crippen molar-refractivity contribution in [3.05, 3.63) is 92.2 Å². The van der Waals surface area contributed by atoms with Crippen molar-refractivity contribution in [3.63, 3.8) is 0 Å². The monoisotopic (exact) mass is 559 g/mol. The van der Waals surface area contributed by atoms with Gasteiger partial charge in [-0.25, -0.2) is 26.6 Å². The first kappa shape index (κ1) is 26.4. The Labute approximate surface area is 216 Å². The maximum absolute atomic E-state index is 14.1. The van der Waals surface area contributed by atoms with E-state index in [-0.39, 0.29) is 29.5 Å². The van der Waals surface area contributed by atoms with Crippen LogP contribution in [0.2, 0.25) is 10.0 Å². The Hall–Kier alpha value is -3.64. The van der Waals surface area contributed by atoms with Crippen molar-refractivity contribution < 1.29 is 31.5 Å². The van der Waals surface area contributed by atoms with E-state index in [4.69, 9.17) is 27.9 Å². The lowest BCUT2D eigenvalue weighted by atomic mass is 10.1. The van der Waals surface area contributed by atoms with E-state index in [1.54, 1.807) is 12.1 Å². The minimum atomic E-state index is -2.25. The van der Waals surface area contributed by atoms with E-state index in [9.17, 15) is 26.7 Å². The number of amides is 1. The minimum Gasteiger partial charge on any atom is -0.470 e. The Morgan fingerprint density at radius 3 is 2.27 bits per heavy atom. The van der Waals surface area contributed by atoms with Crippen molar-refractivity contribution in [1.82, 2.24) is 19.6 Å². The van der Waals surface area contributed by atoms with E-state index in [2.05, 4.69) is 15.5 Å². The van der Waals surface area contributed by atoms with Crippen LogP contribution in [0.5, 0.6) is 5.75 Å². The second kappa shape index (κ2) is 10.4. The van der Waals surface area contributed by atoms with Crippen molar-refractivity contribution >= 4 is 34.8 Å². The molecule has 1 N–H and O–H groups in total. The fraction of sp³-hybridized carbons (Fsp3) is 0.174. The summed E-state index contributed by atoms with van der Waals surface area (Å²) < 4.78 is 76.6. The van der Waals surface area contributed by atoms with Gasteiger partial charge in [-0.15, -0.1) is 0 Å². The first-order chi connectivity index (χ1) is 17.5. The Balaban J connectivity index is 1.48. The van der Waals surface area contributed by atoms with Gasteiger partial charge in [-0.3, -0.25) is 9.48 Å². The third-order valence-electron chi connectivity index (χ3n) is 5.35. The predicted molar refractivity (Wildman–Crippen MR) is 124 cm³/mol. The summed E-state index contributed by atoms with van der Waals surface area (Å²) in [6, 6.07) is 6.11. The minimum absolute atomic E-state index is 0.0112. The van der Waals surface area contributed by atoms with Gasteiger partial charge in [0.1, 0.15) is 5.75 Å². The van der Waals surface area contributed by atoms with E-state index in [1.807, 2.05) is 0 Å². The lowest BCUT2D eigenvalue weighted by Gasteiger charge is -2.10. The van der Waals surface area contributed by atoms with Gasteiger partial charge < -0.3 is 10.1 Å². The van der Waals surface area contributed by atoms with Crippen LogP contribution in [-0.2, 0) is 13.3 Å². The van der Waals surface area contributed by atoms with Crippen LogP contribution in [-0.4, -0.2) is 25.5 Å². The van der Waals surface area contributed by atoms with E-state index in [0.717, 1.165) is 4.68 Å². The van der Waals surface area contributed by atoms with Gasteiger partial charge in [0, 0.05) is 11.2 Å². The Bertz CT molecular complexity index is 1490. The molecule has 2 aromatic heterocycles. The largest absolute Gasteiger partial charge is 0.470 e. The molecule has 0 bridgehead atoms. The average Bonchev–Trinajstić information content (AvgIpc) is 3.44. The smallest absolute Gasteiger partial charge is 0.276 e. The second-order valence-electron chi connectivity index (χ2n) is 7.79. The SMILES string of the molecule is Cc1nn(Cc2c(F)c(F)c(F)c(F)c2F)c(C)c1NC(=O)c1ccn(COc2ccc(Cl)cc2Cl)n1. The zero-order valence-corrected chi connectivity index (χ0v) is 20.6. The summed E-state index contributed by atoms with van der Waals surface area (Å²) in [5.41, 5.74) is -0.394. The first-order valence-electron chi connectivity index (χ1n) is 10.4. The number of anilines is 1. The summed E-state index contributed by atoms with van der Waals surface area (Å²) >= 11 is 11.9. The van der Waals surface area contributed by atoms with Gasteiger partial charge in [-0.2, -0.15) is 10.2 Å². The van der Waals surface area contributed by atoms with Gasteiger partial charge in [0.15, 0.2) is 35.7 Å². The van der Waals surface area contributed by atoms with Crippen LogP contribution in [0.4, 0.5) is 27.6 Å². The second-order valence-corrected chi connectivity index (χ2v) is 8.64. The van der Waals surface area contributed by atoms with Crippen LogP contribution in [0, 0.1) is 42.9 Å². The summed E-state index contributed by atoms with van der Waals surface area (Å²) in [5, 5.41) is 11.5. The summed E-state index contributed by atoms with van der Waals surface area (Å²) in [6.45, 7) is 2.14. The lowest BCUT2D eigenvalue weighted by Crippen LogP contribution is -2.16. The van der Waals surface area contributed by atoms with Crippen molar-refractivity contribution in [2.75, 3.05) is 5.32 Å². The number of carbonyl (C=O) groups is 1. The highest BCUT2D eigenvalue weighted by Gasteiger charge is 2.27. The molecule has 0 radical (unpaired) electrons. The standard InChI is InChI=1S/C23H16Cl2F5N5O2/c1-10-22(11(2)35(32-10)8-13-17(26)19(28)21(30)20(29)18(13)27)31-23(36)15-5-6-34(33-15)9-37-16-4-3-12(24)7-14(16)25/h3-7H,8-9H2,1-2H3,(H,31,36). The normalized spacial score (nSPS) is 11.2. The number of nitrogens with zero attached hydrogens (tertiary/aromatic N) is 4. The zero-order chi connectivity index (χ0) is 27.0. The molecular weight excluding hydrogens is 544 g/mol. The third kappa shape index (κ3) is 5.25. The number of carbonyl (C=O) groups excluding carboxylic acids is 1. The number of hydrogen-bond donors (Lipinski definition) is 1. The Kier molecular flexibility index (Phi) is 7.42. The van der Waals surface area contributed by atoms with Crippen LogP contribution in [0.3, 0.4) is 0 Å². The number of hydrogen-bond acceptors (Lipinski definition) is 4. The van der Waals surface area contributed by atoms with Crippen molar-refractivity contribution in [2.45, 2.75) is 27.1 Å². The molecule has 14 heteroatoms. The quantitative estimate of drug-likeness (QED) is 0.170. The highest BCUT2D eigenvalue weighted by molar-refractivity contribution is 6.35. The van der Waals surface area contributed by atoms with Crippen LogP contribution < -0.4 is 10.1 Å². The molecule has 0 saturated carbocycles. The molecule has 2 heterocycles. The van der Waals surface area contributed by atoms with E-state index < -0.39 is 47.1 Å². The number of benzene rings is 2. The molecule has 0 aliphatic carbocycles. The molecule has 37 heavy (non-hydrogen) atoms. The molecule has 2 aromatic carbocycles. The van der Waals surface area contributed by atoms with Crippen LogP contribution in [0.1, 0.15) is 27.4 Å². The van der Waals surface area contributed by atoms with Crippen LogP contribution in [0.15, 0.2) is 30.5 Å². The summed E-state index contributed by atoms with van der Waals surface area (Å²) in [6.07, 6.45) is 1.49. The molecule has 194 valence electrons. The van der Waals surface area contributed by atoms with Gasteiger partial charge in [0.25, 0.3) is 5.91 Å². The molecule has 0 atom stereocenters. The number of halogens is 7. The molecular formula is C23H16Cl2F5N5O2. The molecule has 0 saturated heterocycles. The maximum Gasteiger partial charge on any atom is 0.276 e. The van der Waals surface area contributed by atoms with Gasteiger partial charge in [-0.1, -0.05) is 23.2 Å². The fourth-order valence-electron chi connectivity index (χ4n) is 3.43. The topological polar surface area (TPSA) is 74.0 Å². The van der Waals surface area contributed by atoms with Crippen LogP contribution in [0.25, 0.3) is 0 Å². The zero-order valence-electron chi connectivity index (χ0n) is 19.1. The van der Waals surface area contributed by atoms with E-state index in [0.29, 0.717) is 15.8 Å². The molecule has 0 fully saturated rings. The van der Waals surface area contributed by atoms with Crippen molar-refractivity contribution in [3.8, 4) is 5.75 Å². The number of aryl methyl sites for hydroxylation is 1. The van der Waals surface area contributed by atoms with Crippen LogP contribution >= 0.6 is 23.2 Å².